The first kappa shape index (κ1) is 5.47. The maximum Gasteiger partial charge on any atom is 0.293 e. The van der Waals surface area contributed by atoms with E-state index in [1.54, 1.807) is 0 Å². The fourth-order valence-corrected chi connectivity index (χ4v) is 1.06. The molecule has 0 amide bonds. The maximum absolute atomic E-state index is 5.19. The highest BCUT2D eigenvalue weighted by Crippen LogP contribution is 2.13. The van der Waals surface area contributed by atoms with Crippen LogP contribution in [0.3, 0.4) is 0 Å². The van der Waals surface area contributed by atoms with Crippen molar-refractivity contribution in [2.24, 2.45) is 0 Å². The van der Waals surface area contributed by atoms with Crippen molar-refractivity contribution in [3.8, 4) is 0 Å². The molecule has 1 aromatic rings. The van der Waals surface area contributed by atoms with Gasteiger partial charge in [-0.05, 0) is 12.6 Å². The molecule has 2 heteroatoms. The first-order valence-corrected chi connectivity index (χ1v) is 3.18. The quantitative estimate of drug-likeness (QED) is 0.481. The van der Waals surface area contributed by atoms with E-state index in [0.29, 0.717) is 6.73 Å². The van der Waals surface area contributed by atoms with Gasteiger partial charge in [-0.2, -0.15) is 4.57 Å². The second-order valence-electron chi connectivity index (χ2n) is 2.25. The van der Waals surface area contributed by atoms with Gasteiger partial charge < -0.3 is 4.74 Å². The fourth-order valence-electron chi connectivity index (χ4n) is 1.06. The lowest BCUT2D eigenvalue weighted by Gasteiger charge is -1.84. The van der Waals surface area contributed by atoms with Crippen molar-refractivity contribution < 1.29 is 9.30 Å². The van der Waals surface area contributed by atoms with Crippen LogP contribution in [0.15, 0.2) is 31.0 Å². The topological polar surface area (TPSA) is 13.1 Å². The molecule has 2 rings (SSSR count). The number of hydrogen-bond donors (Lipinski definition) is 0. The Kier molecular flexibility index (Phi) is 1.01. The largest absolute Gasteiger partial charge is 0.429 e. The number of nitrogens with zero attached hydrogens (tertiary/aromatic N) is 1. The van der Waals surface area contributed by atoms with Crippen LogP contribution < -0.4 is 4.57 Å². The first-order valence-electron chi connectivity index (χ1n) is 3.18. The van der Waals surface area contributed by atoms with Crippen molar-refractivity contribution in [2.75, 3.05) is 0 Å². The fraction of sp³-hybridized carbons (Fsp3) is 0.125. The van der Waals surface area contributed by atoms with Crippen LogP contribution in [-0.4, -0.2) is 0 Å². The highest BCUT2D eigenvalue weighted by Gasteiger charge is 2.21. The van der Waals surface area contributed by atoms with Crippen LogP contribution in [-0.2, 0) is 11.5 Å². The van der Waals surface area contributed by atoms with Crippen LogP contribution in [0.2, 0.25) is 0 Å². The monoisotopic (exact) mass is 134 g/mol. The highest BCUT2D eigenvalue weighted by molar-refractivity contribution is 5.51. The average molecular weight is 134 g/mol. The Balaban J connectivity index is 2.61. The lowest BCUT2D eigenvalue weighted by Crippen LogP contribution is -2.31. The van der Waals surface area contributed by atoms with E-state index in [-0.39, 0.29) is 0 Å². The second-order valence-corrected chi connectivity index (χ2v) is 2.25. The molecule has 50 valence electrons. The molecular weight excluding hydrogens is 126 g/mol. The van der Waals surface area contributed by atoms with Crippen molar-refractivity contribution in [2.45, 2.75) is 6.73 Å². The molecule has 0 aromatic carbocycles. The molecule has 0 N–H and O–H groups in total. The molecule has 0 spiro atoms. The van der Waals surface area contributed by atoms with E-state index < -0.39 is 0 Å². The second kappa shape index (κ2) is 1.84. The maximum atomic E-state index is 5.19. The van der Waals surface area contributed by atoms with Crippen molar-refractivity contribution in [1.82, 2.24) is 0 Å². The number of hydrogen-bond acceptors (Lipinski definition) is 1. The minimum atomic E-state index is 0.606. The van der Waals surface area contributed by atoms with Crippen LogP contribution in [0.1, 0.15) is 5.69 Å². The van der Waals surface area contributed by atoms with Gasteiger partial charge in [0.05, 0.1) is 0 Å². The van der Waals surface area contributed by atoms with Gasteiger partial charge in [0, 0.05) is 12.1 Å². The van der Waals surface area contributed by atoms with Gasteiger partial charge in [-0.3, -0.25) is 0 Å². The zero-order chi connectivity index (χ0) is 6.97. The van der Waals surface area contributed by atoms with E-state index >= 15 is 0 Å². The molecular formula is C8H8NO+. The highest BCUT2D eigenvalue weighted by atomic mass is 16.5. The zero-order valence-electron chi connectivity index (χ0n) is 5.58. The Morgan fingerprint density at radius 2 is 2.40 bits per heavy atom. The van der Waals surface area contributed by atoms with Gasteiger partial charge >= 0.3 is 0 Å². The molecule has 10 heavy (non-hydrogen) atoms. The minimum Gasteiger partial charge on any atom is -0.429 e. The molecule has 0 saturated heterocycles. The number of rotatable bonds is 0. The summed E-state index contributed by atoms with van der Waals surface area (Å²) in [5, 5.41) is 0. The Labute approximate surface area is 59.4 Å². The van der Waals surface area contributed by atoms with Crippen molar-refractivity contribution in [1.29, 1.82) is 0 Å². The van der Waals surface area contributed by atoms with Crippen LogP contribution in [0.5, 0.6) is 0 Å². The Bertz CT molecular complexity index is 280. The number of ether oxygens (including phenoxy) is 1. The lowest BCUT2D eigenvalue weighted by molar-refractivity contribution is -0.714. The molecule has 0 bridgehead atoms. The van der Waals surface area contributed by atoms with Crippen molar-refractivity contribution in [3.05, 3.63) is 36.7 Å². The predicted molar refractivity (Wildman–Crippen MR) is 36.8 cm³/mol. The van der Waals surface area contributed by atoms with E-state index in [1.807, 2.05) is 29.0 Å². The van der Waals surface area contributed by atoms with Gasteiger partial charge in [0.2, 0.25) is 5.69 Å². The molecule has 1 aliphatic heterocycles. The third-order valence-corrected chi connectivity index (χ3v) is 1.60. The van der Waals surface area contributed by atoms with Gasteiger partial charge in [0.15, 0.2) is 12.0 Å². The molecule has 0 radical (unpaired) electrons. The molecule has 0 fully saturated rings. The average Bonchev–Trinajstić information content (AvgIpc) is 2.34. The molecule has 0 unspecified atom stereocenters. The first-order chi connectivity index (χ1) is 4.88. The molecule has 1 aromatic heterocycles. The third kappa shape index (κ3) is 0.620. The molecule has 0 atom stereocenters. The number of pyridine rings is 1. The van der Waals surface area contributed by atoms with E-state index in [1.165, 1.54) is 0 Å². The van der Waals surface area contributed by atoms with Gasteiger partial charge in [0.25, 0.3) is 6.73 Å². The standard InChI is InChI=1S/C8H8NO/c1-7-8-4-2-3-5-9(8)6-10-7/h2-5H,1,6H2/q+1. The van der Waals surface area contributed by atoms with Crippen LogP contribution in [0, 0.1) is 0 Å². The van der Waals surface area contributed by atoms with Crippen molar-refractivity contribution in [3.63, 3.8) is 0 Å². The number of aromatic nitrogens is 1. The summed E-state index contributed by atoms with van der Waals surface area (Å²) in [6, 6.07) is 5.95. The van der Waals surface area contributed by atoms with E-state index in [9.17, 15) is 0 Å². The van der Waals surface area contributed by atoms with Crippen LogP contribution >= 0.6 is 0 Å². The van der Waals surface area contributed by atoms with Gasteiger partial charge in [-0.25, -0.2) is 0 Å². The van der Waals surface area contributed by atoms with Crippen LogP contribution in [0.25, 0.3) is 5.76 Å². The molecule has 2 nitrogen and oxygen atoms in total. The van der Waals surface area contributed by atoms with Crippen molar-refractivity contribution >= 4 is 5.76 Å². The summed E-state index contributed by atoms with van der Waals surface area (Å²) in [4.78, 5) is 0. The summed E-state index contributed by atoms with van der Waals surface area (Å²) < 4.78 is 7.21. The third-order valence-electron chi connectivity index (χ3n) is 1.60. The van der Waals surface area contributed by atoms with E-state index in [2.05, 4.69) is 6.58 Å². The van der Waals surface area contributed by atoms with Gasteiger partial charge in [-0.15, -0.1) is 0 Å². The summed E-state index contributed by atoms with van der Waals surface area (Å²) in [7, 11) is 0. The Morgan fingerprint density at radius 1 is 1.50 bits per heavy atom. The molecule has 1 aliphatic rings. The predicted octanol–water partition coefficient (Wildman–Crippen LogP) is 0.933. The minimum absolute atomic E-state index is 0.606. The molecule has 0 saturated carbocycles. The summed E-state index contributed by atoms with van der Waals surface area (Å²) in [6.07, 6.45) is 1.98. The molecule has 0 aliphatic carbocycles. The Hall–Kier alpha value is -1.31. The van der Waals surface area contributed by atoms with Gasteiger partial charge in [0.1, 0.15) is 0 Å². The Morgan fingerprint density at radius 3 is 3.20 bits per heavy atom. The van der Waals surface area contributed by atoms with Gasteiger partial charge in [-0.1, -0.05) is 0 Å². The summed E-state index contributed by atoms with van der Waals surface area (Å²) in [6.45, 7) is 4.36. The van der Waals surface area contributed by atoms with E-state index in [0.717, 1.165) is 11.5 Å². The van der Waals surface area contributed by atoms with E-state index in [4.69, 9.17) is 4.74 Å². The smallest absolute Gasteiger partial charge is 0.293 e. The summed E-state index contributed by atoms with van der Waals surface area (Å²) in [5.74, 6) is 0.764. The molecule has 2 heterocycles. The number of fused-ring (bicyclic) bond motifs is 1. The lowest BCUT2D eigenvalue weighted by atomic mass is 10.3. The normalized spacial score (nSPS) is 14.6. The van der Waals surface area contributed by atoms with Crippen LogP contribution in [0.4, 0.5) is 0 Å². The SMILES string of the molecule is C=C1OC[n+]2ccccc21. The summed E-state index contributed by atoms with van der Waals surface area (Å²) in [5.41, 5.74) is 1.07. The zero-order valence-corrected chi connectivity index (χ0v) is 5.58. The summed E-state index contributed by atoms with van der Waals surface area (Å²) >= 11 is 0.